The summed E-state index contributed by atoms with van der Waals surface area (Å²) in [5.74, 6) is -0.0473. The van der Waals surface area contributed by atoms with E-state index in [1.165, 1.54) is 0 Å². The molecule has 0 aromatic heterocycles. The molecule has 0 spiro atoms. The van der Waals surface area contributed by atoms with Crippen LogP contribution in [-0.4, -0.2) is 24.9 Å². The molecule has 0 atom stereocenters. The first-order valence-electron chi connectivity index (χ1n) is 5.96. The molecule has 96 valence electrons. The van der Waals surface area contributed by atoms with Crippen molar-refractivity contribution in [2.45, 2.75) is 0 Å². The van der Waals surface area contributed by atoms with Crippen LogP contribution < -0.4 is 0 Å². The van der Waals surface area contributed by atoms with E-state index in [0.717, 1.165) is 0 Å². The molecular formula is C15H15N3O. The first-order chi connectivity index (χ1) is 9.18. The van der Waals surface area contributed by atoms with E-state index in [4.69, 9.17) is 0 Å². The molecule has 19 heavy (non-hydrogen) atoms. The largest absolute Gasteiger partial charge is 0.289 e. The Kier molecular flexibility index (Phi) is 4.03. The fraction of sp³-hybridized carbons (Fsp3) is 0.133. The maximum absolute atomic E-state index is 12.4. The molecule has 0 N–H and O–H groups in total. The molecule has 0 amide bonds. The molecule has 2 rings (SSSR count). The highest BCUT2D eigenvalue weighted by Crippen LogP contribution is 2.22. The highest BCUT2D eigenvalue weighted by Gasteiger charge is 2.12. The quantitative estimate of drug-likeness (QED) is 0.475. The van der Waals surface area contributed by atoms with E-state index >= 15 is 0 Å². The molecule has 0 heterocycles. The standard InChI is InChI=1S/C15H15N3O/c1-18(2)17-16-14-11-7-6-10-13(14)15(19)12-8-4-3-5-9-12/h3-11H,1-2H3. The van der Waals surface area contributed by atoms with E-state index < -0.39 is 0 Å². The predicted octanol–water partition coefficient (Wildman–Crippen LogP) is 3.48. The van der Waals surface area contributed by atoms with Gasteiger partial charge in [0, 0.05) is 19.7 Å². The summed E-state index contributed by atoms with van der Waals surface area (Å²) in [6, 6.07) is 16.4. The van der Waals surface area contributed by atoms with Gasteiger partial charge in [-0.1, -0.05) is 47.7 Å². The van der Waals surface area contributed by atoms with Crippen LogP contribution in [0.3, 0.4) is 0 Å². The third-order valence-electron chi connectivity index (χ3n) is 2.52. The first kappa shape index (κ1) is 13.0. The number of ketones is 1. The molecule has 0 aliphatic rings. The van der Waals surface area contributed by atoms with Crippen LogP contribution in [0.1, 0.15) is 15.9 Å². The van der Waals surface area contributed by atoms with Gasteiger partial charge in [-0.05, 0) is 12.1 Å². The maximum atomic E-state index is 12.4. The average Bonchev–Trinajstić information content (AvgIpc) is 2.45. The summed E-state index contributed by atoms with van der Waals surface area (Å²) >= 11 is 0. The molecule has 2 aromatic carbocycles. The van der Waals surface area contributed by atoms with Crippen LogP contribution in [0.4, 0.5) is 5.69 Å². The number of rotatable bonds is 4. The zero-order chi connectivity index (χ0) is 13.7. The van der Waals surface area contributed by atoms with E-state index in [1.54, 1.807) is 43.4 Å². The molecule has 0 aliphatic carbocycles. The van der Waals surface area contributed by atoms with Gasteiger partial charge in [-0.15, -0.1) is 5.11 Å². The average molecular weight is 253 g/mol. The van der Waals surface area contributed by atoms with Gasteiger partial charge in [0.2, 0.25) is 0 Å². The van der Waals surface area contributed by atoms with Crippen molar-refractivity contribution < 1.29 is 4.79 Å². The lowest BCUT2D eigenvalue weighted by Crippen LogP contribution is -2.02. The smallest absolute Gasteiger partial charge is 0.195 e. The van der Waals surface area contributed by atoms with Gasteiger partial charge in [-0.25, -0.2) is 0 Å². The molecule has 0 bridgehead atoms. The molecule has 0 unspecified atom stereocenters. The summed E-state index contributed by atoms with van der Waals surface area (Å²) in [4.78, 5) is 12.4. The van der Waals surface area contributed by atoms with E-state index in [9.17, 15) is 4.79 Å². The third kappa shape index (κ3) is 3.25. The van der Waals surface area contributed by atoms with Gasteiger partial charge < -0.3 is 0 Å². The summed E-state index contributed by atoms with van der Waals surface area (Å²) in [7, 11) is 3.57. The molecule has 0 saturated carbocycles. The molecule has 0 radical (unpaired) electrons. The Hall–Kier alpha value is -2.49. The number of carbonyl (C=O) groups is 1. The van der Waals surface area contributed by atoms with Gasteiger partial charge in [-0.2, -0.15) is 0 Å². The molecule has 0 fully saturated rings. The number of benzene rings is 2. The second-order valence-electron chi connectivity index (χ2n) is 4.25. The van der Waals surface area contributed by atoms with Gasteiger partial charge in [0.1, 0.15) is 0 Å². The van der Waals surface area contributed by atoms with E-state index in [-0.39, 0.29) is 5.78 Å². The normalized spacial score (nSPS) is 10.6. The zero-order valence-electron chi connectivity index (χ0n) is 10.9. The Morgan fingerprint density at radius 3 is 2.26 bits per heavy atom. The summed E-state index contributed by atoms with van der Waals surface area (Å²) in [6.45, 7) is 0. The predicted molar refractivity (Wildman–Crippen MR) is 74.5 cm³/mol. The fourth-order valence-corrected chi connectivity index (χ4v) is 1.64. The van der Waals surface area contributed by atoms with Gasteiger partial charge in [0.25, 0.3) is 0 Å². The van der Waals surface area contributed by atoms with Crippen LogP contribution in [0, 0.1) is 0 Å². The summed E-state index contributed by atoms with van der Waals surface area (Å²) < 4.78 is 0. The van der Waals surface area contributed by atoms with Crippen molar-refractivity contribution in [3.05, 3.63) is 65.7 Å². The van der Waals surface area contributed by atoms with Crippen molar-refractivity contribution in [1.29, 1.82) is 0 Å². The van der Waals surface area contributed by atoms with Gasteiger partial charge in [-0.3, -0.25) is 9.80 Å². The van der Waals surface area contributed by atoms with Crippen LogP contribution in [0.5, 0.6) is 0 Å². The Balaban J connectivity index is 2.37. The lowest BCUT2D eigenvalue weighted by molar-refractivity contribution is 0.103. The third-order valence-corrected chi connectivity index (χ3v) is 2.52. The number of nitrogens with zero attached hydrogens (tertiary/aromatic N) is 3. The summed E-state index contributed by atoms with van der Waals surface area (Å²) in [5.41, 5.74) is 1.78. The van der Waals surface area contributed by atoms with Crippen LogP contribution >= 0.6 is 0 Å². The van der Waals surface area contributed by atoms with Crippen LogP contribution in [0.2, 0.25) is 0 Å². The van der Waals surface area contributed by atoms with Gasteiger partial charge in [0.15, 0.2) is 5.78 Å². The Labute approximate surface area is 112 Å². The Bertz CT molecular complexity index is 591. The fourth-order valence-electron chi connectivity index (χ4n) is 1.64. The SMILES string of the molecule is CN(C)N=Nc1ccccc1C(=O)c1ccccc1. The molecule has 4 nitrogen and oxygen atoms in total. The second kappa shape index (κ2) is 5.91. The minimum absolute atomic E-state index is 0.0473. The monoisotopic (exact) mass is 253 g/mol. The Morgan fingerprint density at radius 1 is 0.947 bits per heavy atom. The zero-order valence-corrected chi connectivity index (χ0v) is 10.9. The maximum Gasteiger partial charge on any atom is 0.195 e. The lowest BCUT2D eigenvalue weighted by Gasteiger charge is -2.05. The highest BCUT2D eigenvalue weighted by atomic mass is 16.1. The number of hydrogen-bond acceptors (Lipinski definition) is 3. The van der Waals surface area contributed by atoms with Crippen molar-refractivity contribution in [2.75, 3.05) is 14.1 Å². The van der Waals surface area contributed by atoms with E-state index in [0.29, 0.717) is 16.8 Å². The van der Waals surface area contributed by atoms with Crippen LogP contribution in [-0.2, 0) is 0 Å². The van der Waals surface area contributed by atoms with Crippen molar-refractivity contribution >= 4 is 11.5 Å². The minimum Gasteiger partial charge on any atom is -0.289 e. The topological polar surface area (TPSA) is 45.0 Å². The number of hydrogen-bond donors (Lipinski definition) is 0. The summed E-state index contributed by atoms with van der Waals surface area (Å²) in [6.07, 6.45) is 0. The van der Waals surface area contributed by atoms with Gasteiger partial charge >= 0.3 is 0 Å². The molecule has 0 aliphatic heterocycles. The minimum atomic E-state index is -0.0473. The number of carbonyl (C=O) groups excluding carboxylic acids is 1. The molecule has 4 heteroatoms. The van der Waals surface area contributed by atoms with Crippen molar-refractivity contribution in [3.63, 3.8) is 0 Å². The molecule has 0 saturated heterocycles. The van der Waals surface area contributed by atoms with Crippen molar-refractivity contribution in [3.8, 4) is 0 Å². The first-order valence-corrected chi connectivity index (χ1v) is 5.96. The molecule has 2 aromatic rings. The Morgan fingerprint density at radius 2 is 1.58 bits per heavy atom. The van der Waals surface area contributed by atoms with Crippen LogP contribution in [0.25, 0.3) is 0 Å². The van der Waals surface area contributed by atoms with Crippen LogP contribution in [0.15, 0.2) is 64.9 Å². The highest BCUT2D eigenvalue weighted by molar-refractivity contribution is 6.11. The second-order valence-corrected chi connectivity index (χ2v) is 4.25. The summed E-state index contributed by atoms with van der Waals surface area (Å²) in [5, 5.41) is 9.61. The van der Waals surface area contributed by atoms with E-state index in [2.05, 4.69) is 10.3 Å². The molecular weight excluding hydrogens is 238 g/mol. The van der Waals surface area contributed by atoms with Gasteiger partial charge in [0.05, 0.1) is 11.3 Å². The van der Waals surface area contributed by atoms with Crippen molar-refractivity contribution in [2.24, 2.45) is 10.3 Å². The van der Waals surface area contributed by atoms with Crippen molar-refractivity contribution in [1.82, 2.24) is 5.01 Å². The lowest BCUT2D eigenvalue weighted by atomic mass is 10.0. The van der Waals surface area contributed by atoms with E-state index in [1.807, 2.05) is 30.3 Å².